The van der Waals surface area contributed by atoms with Crippen molar-refractivity contribution >= 4 is 29.1 Å². The average Bonchev–Trinajstić information content (AvgIpc) is 3.21. The lowest BCUT2D eigenvalue weighted by molar-refractivity contribution is -0.141. The second-order valence-corrected chi connectivity index (χ2v) is 6.66. The van der Waals surface area contributed by atoms with E-state index in [9.17, 15) is 18.0 Å². The van der Waals surface area contributed by atoms with Crippen LogP contribution in [0.4, 0.5) is 13.2 Å². The highest BCUT2D eigenvalue weighted by Crippen LogP contribution is 2.30. The van der Waals surface area contributed by atoms with Gasteiger partial charge in [0.05, 0.1) is 5.02 Å². The molecule has 1 amide bonds. The van der Waals surface area contributed by atoms with Crippen LogP contribution in [0.2, 0.25) is 10.0 Å². The molecule has 0 fully saturated rings. The first-order valence-corrected chi connectivity index (χ1v) is 8.53. The normalized spacial score (nSPS) is 12.8. The third-order valence-corrected chi connectivity index (χ3v) is 4.28. The summed E-state index contributed by atoms with van der Waals surface area (Å²) in [6.45, 7) is 1.54. The number of rotatable bonds is 4. The number of halogens is 5. The van der Waals surface area contributed by atoms with Crippen LogP contribution in [0.1, 0.15) is 35.0 Å². The largest absolute Gasteiger partial charge is 0.435 e. The SMILES string of the molecule is C[C@@H](NC(=O)c1cc(C(F)(F)F)nn1C)c1nc(-c2ccc(Cl)cc2Cl)no1. The van der Waals surface area contributed by atoms with Crippen LogP contribution < -0.4 is 5.32 Å². The highest BCUT2D eigenvalue weighted by Gasteiger charge is 2.35. The van der Waals surface area contributed by atoms with Gasteiger partial charge in [0.2, 0.25) is 11.7 Å². The fourth-order valence-corrected chi connectivity index (χ4v) is 2.83. The molecule has 0 saturated carbocycles. The van der Waals surface area contributed by atoms with Gasteiger partial charge in [0, 0.05) is 23.7 Å². The number of hydrogen-bond donors (Lipinski definition) is 1. The van der Waals surface area contributed by atoms with Gasteiger partial charge >= 0.3 is 6.18 Å². The van der Waals surface area contributed by atoms with Crippen molar-refractivity contribution in [3.63, 3.8) is 0 Å². The van der Waals surface area contributed by atoms with Crippen LogP contribution in [0, 0.1) is 0 Å². The van der Waals surface area contributed by atoms with Crippen molar-refractivity contribution in [1.29, 1.82) is 0 Å². The Morgan fingerprint density at radius 1 is 1.29 bits per heavy atom. The molecule has 0 saturated heterocycles. The summed E-state index contributed by atoms with van der Waals surface area (Å²) in [7, 11) is 1.24. The predicted octanol–water partition coefficient (Wildman–Crippen LogP) is 4.29. The Morgan fingerprint density at radius 2 is 2.00 bits per heavy atom. The van der Waals surface area contributed by atoms with Gasteiger partial charge in [0.25, 0.3) is 5.91 Å². The molecule has 2 heterocycles. The van der Waals surface area contributed by atoms with Crippen LogP contribution in [-0.2, 0) is 13.2 Å². The van der Waals surface area contributed by atoms with Crippen molar-refractivity contribution in [2.45, 2.75) is 19.1 Å². The molecule has 0 aliphatic rings. The van der Waals surface area contributed by atoms with E-state index in [4.69, 9.17) is 27.7 Å². The van der Waals surface area contributed by atoms with Crippen LogP contribution in [0.15, 0.2) is 28.8 Å². The van der Waals surface area contributed by atoms with Crippen LogP contribution in [0.5, 0.6) is 0 Å². The number of alkyl halides is 3. The molecule has 0 unspecified atom stereocenters. The van der Waals surface area contributed by atoms with E-state index in [1.165, 1.54) is 13.1 Å². The van der Waals surface area contributed by atoms with E-state index in [-0.39, 0.29) is 17.4 Å². The van der Waals surface area contributed by atoms with Gasteiger partial charge in [-0.05, 0) is 25.1 Å². The summed E-state index contributed by atoms with van der Waals surface area (Å²) in [5.74, 6) is -0.549. The number of hydrogen-bond acceptors (Lipinski definition) is 5. The van der Waals surface area contributed by atoms with Crippen LogP contribution >= 0.6 is 23.2 Å². The zero-order chi connectivity index (χ0) is 20.6. The number of aryl methyl sites for hydroxylation is 1. The Labute approximate surface area is 166 Å². The fraction of sp³-hybridized carbons (Fsp3) is 0.250. The van der Waals surface area contributed by atoms with Gasteiger partial charge in [-0.2, -0.15) is 23.3 Å². The summed E-state index contributed by atoms with van der Waals surface area (Å²) < 4.78 is 44.2. The molecule has 0 aliphatic carbocycles. The molecule has 1 atom stereocenters. The predicted molar refractivity (Wildman–Crippen MR) is 93.8 cm³/mol. The van der Waals surface area contributed by atoms with Crippen molar-refractivity contribution in [3.05, 3.63) is 51.6 Å². The standard InChI is InChI=1S/C16H12Cl2F3N5O2/c1-7(22-14(27)11-6-12(16(19,20)21)24-26(11)2)15-23-13(25-28-15)9-4-3-8(17)5-10(9)18/h3-7H,1-2H3,(H,22,27)/t7-/m1/s1. The van der Waals surface area contributed by atoms with Gasteiger partial charge in [-0.3, -0.25) is 9.48 Å². The maximum atomic E-state index is 12.7. The second-order valence-electron chi connectivity index (χ2n) is 5.81. The van der Waals surface area contributed by atoms with Crippen LogP contribution in [-0.4, -0.2) is 25.8 Å². The summed E-state index contributed by atoms with van der Waals surface area (Å²) in [6, 6.07) is 4.61. The van der Waals surface area contributed by atoms with E-state index in [1.807, 2.05) is 0 Å². The number of amides is 1. The molecule has 1 aromatic carbocycles. The third-order valence-electron chi connectivity index (χ3n) is 3.73. The minimum Gasteiger partial charge on any atom is -0.339 e. The Balaban J connectivity index is 1.77. The molecule has 0 bridgehead atoms. The van der Waals surface area contributed by atoms with Crippen molar-refractivity contribution in [2.75, 3.05) is 0 Å². The molecule has 3 rings (SSSR count). The van der Waals surface area contributed by atoms with Crippen molar-refractivity contribution in [3.8, 4) is 11.4 Å². The zero-order valence-corrected chi connectivity index (χ0v) is 15.9. The van der Waals surface area contributed by atoms with E-state index >= 15 is 0 Å². The van der Waals surface area contributed by atoms with Crippen molar-refractivity contribution < 1.29 is 22.5 Å². The first-order chi connectivity index (χ1) is 13.1. The summed E-state index contributed by atoms with van der Waals surface area (Å²) in [5.41, 5.74) is -0.953. The van der Waals surface area contributed by atoms with Gasteiger partial charge < -0.3 is 9.84 Å². The molecular weight excluding hydrogens is 422 g/mol. The first-order valence-electron chi connectivity index (χ1n) is 7.77. The van der Waals surface area contributed by atoms with E-state index in [0.717, 1.165) is 4.68 Å². The van der Waals surface area contributed by atoms with E-state index in [0.29, 0.717) is 21.7 Å². The Bertz CT molecular complexity index is 1030. The minimum absolute atomic E-state index is 0.0487. The quantitative estimate of drug-likeness (QED) is 0.663. The molecule has 2 aromatic heterocycles. The summed E-state index contributed by atoms with van der Waals surface area (Å²) in [6.07, 6.45) is -4.65. The highest BCUT2D eigenvalue weighted by atomic mass is 35.5. The average molecular weight is 434 g/mol. The third kappa shape index (κ3) is 4.12. The smallest absolute Gasteiger partial charge is 0.339 e. The molecule has 7 nitrogen and oxygen atoms in total. The minimum atomic E-state index is -4.65. The maximum absolute atomic E-state index is 12.7. The van der Waals surface area contributed by atoms with Crippen LogP contribution in [0.25, 0.3) is 11.4 Å². The van der Waals surface area contributed by atoms with E-state index in [1.54, 1.807) is 19.1 Å². The number of carbonyl (C=O) groups excluding carboxylic acids is 1. The van der Waals surface area contributed by atoms with Gasteiger partial charge in [0.1, 0.15) is 11.7 Å². The lowest BCUT2D eigenvalue weighted by atomic mass is 10.2. The highest BCUT2D eigenvalue weighted by molar-refractivity contribution is 6.36. The number of nitrogens with zero attached hydrogens (tertiary/aromatic N) is 4. The Kier molecular flexibility index (Phi) is 5.35. The molecule has 12 heteroatoms. The lowest BCUT2D eigenvalue weighted by Crippen LogP contribution is -2.28. The fourth-order valence-electron chi connectivity index (χ4n) is 2.34. The summed E-state index contributed by atoms with van der Waals surface area (Å²) in [4.78, 5) is 16.5. The molecule has 1 N–H and O–H groups in total. The summed E-state index contributed by atoms with van der Waals surface area (Å²) >= 11 is 11.9. The molecule has 148 valence electrons. The number of nitrogens with one attached hydrogen (secondary N) is 1. The molecular formula is C16H12Cl2F3N5O2. The van der Waals surface area contributed by atoms with Gasteiger partial charge in [-0.25, -0.2) is 0 Å². The summed E-state index contributed by atoms with van der Waals surface area (Å²) in [5, 5.41) is 10.3. The van der Waals surface area contributed by atoms with E-state index < -0.39 is 23.8 Å². The molecule has 0 aliphatic heterocycles. The number of carbonyl (C=O) groups is 1. The van der Waals surface area contributed by atoms with E-state index in [2.05, 4.69) is 20.6 Å². The van der Waals surface area contributed by atoms with Crippen LogP contribution in [0.3, 0.4) is 0 Å². The Hall–Kier alpha value is -2.59. The van der Waals surface area contributed by atoms with Gasteiger partial charge in [-0.1, -0.05) is 28.4 Å². The maximum Gasteiger partial charge on any atom is 0.435 e. The molecule has 0 radical (unpaired) electrons. The molecule has 0 spiro atoms. The Morgan fingerprint density at radius 3 is 2.61 bits per heavy atom. The second kappa shape index (κ2) is 7.44. The molecule has 3 aromatic rings. The van der Waals surface area contributed by atoms with Crippen molar-refractivity contribution in [1.82, 2.24) is 25.2 Å². The van der Waals surface area contributed by atoms with Gasteiger partial charge in [0.15, 0.2) is 5.69 Å². The first kappa shape index (κ1) is 20.2. The monoisotopic (exact) mass is 433 g/mol. The lowest BCUT2D eigenvalue weighted by Gasteiger charge is -2.09. The number of benzene rings is 1. The van der Waals surface area contributed by atoms with Crippen molar-refractivity contribution in [2.24, 2.45) is 7.05 Å². The molecule has 28 heavy (non-hydrogen) atoms. The zero-order valence-electron chi connectivity index (χ0n) is 14.4. The van der Waals surface area contributed by atoms with Gasteiger partial charge in [-0.15, -0.1) is 0 Å². The topological polar surface area (TPSA) is 85.8 Å². The number of aromatic nitrogens is 4.